The highest BCUT2D eigenvalue weighted by Crippen LogP contribution is 2.15. The number of primary amides is 1. The number of benzene rings is 1. The maximum atomic E-state index is 11.1. The van der Waals surface area contributed by atoms with Crippen molar-refractivity contribution in [2.75, 3.05) is 13.1 Å². The number of hydrogen-bond acceptors (Lipinski definition) is 1. The van der Waals surface area contributed by atoms with Crippen LogP contribution in [0.5, 0.6) is 0 Å². The molecule has 3 nitrogen and oxygen atoms in total. The summed E-state index contributed by atoms with van der Waals surface area (Å²) in [7, 11) is 0. The number of amides is 1. The quantitative estimate of drug-likeness (QED) is 0.849. The maximum Gasteiger partial charge on any atom is 0.220 e. The van der Waals surface area contributed by atoms with Crippen molar-refractivity contribution in [3.05, 3.63) is 34.3 Å². The van der Waals surface area contributed by atoms with E-state index in [0.717, 1.165) is 32.5 Å². The lowest BCUT2D eigenvalue weighted by Gasteiger charge is -2.27. The SMILES string of the molecule is NC(=O)C1CC[NH+](Cc2ccccc2Br)CC1. The van der Waals surface area contributed by atoms with Crippen molar-refractivity contribution in [3.63, 3.8) is 0 Å². The molecule has 1 fully saturated rings. The number of quaternary nitrogens is 1. The largest absolute Gasteiger partial charge is 0.369 e. The van der Waals surface area contributed by atoms with E-state index in [4.69, 9.17) is 5.73 Å². The lowest BCUT2D eigenvalue weighted by atomic mass is 9.96. The Kier molecular flexibility index (Phi) is 4.18. The molecule has 2 rings (SSSR count). The van der Waals surface area contributed by atoms with E-state index < -0.39 is 0 Å². The third-order valence-electron chi connectivity index (χ3n) is 3.49. The second kappa shape index (κ2) is 5.65. The molecule has 4 heteroatoms. The van der Waals surface area contributed by atoms with Crippen LogP contribution < -0.4 is 10.6 Å². The number of likely N-dealkylation sites (tertiary alicyclic amines) is 1. The average Bonchev–Trinajstić information content (AvgIpc) is 2.33. The number of rotatable bonds is 3. The van der Waals surface area contributed by atoms with Gasteiger partial charge in [0.05, 0.1) is 13.1 Å². The fourth-order valence-electron chi connectivity index (χ4n) is 2.40. The van der Waals surface area contributed by atoms with Gasteiger partial charge in [-0.2, -0.15) is 0 Å². The molecule has 0 aromatic heterocycles. The number of carbonyl (C=O) groups is 1. The summed E-state index contributed by atoms with van der Waals surface area (Å²) in [5.74, 6) is -0.0390. The van der Waals surface area contributed by atoms with Crippen molar-refractivity contribution in [2.45, 2.75) is 19.4 Å². The van der Waals surface area contributed by atoms with Gasteiger partial charge in [0.25, 0.3) is 0 Å². The summed E-state index contributed by atoms with van der Waals surface area (Å²) in [5.41, 5.74) is 6.67. The van der Waals surface area contributed by atoms with Gasteiger partial charge in [0.15, 0.2) is 0 Å². The Labute approximate surface area is 110 Å². The number of carbonyl (C=O) groups excluding carboxylic acids is 1. The average molecular weight is 298 g/mol. The summed E-state index contributed by atoms with van der Waals surface area (Å²) in [4.78, 5) is 12.6. The van der Waals surface area contributed by atoms with E-state index in [2.05, 4.69) is 34.1 Å². The molecule has 1 saturated heterocycles. The predicted octanol–water partition coefficient (Wildman–Crippen LogP) is 0.729. The van der Waals surface area contributed by atoms with Gasteiger partial charge in [0.1, 0.15) is 6.54 Å². The number of nitrogens with one attached hydrogen (secondary N) is 1. The third-order valence-corrected chi connectivity index (χ3v) is 4.27. The lowest BCUT2D eigenvalue weighted by molar-refractivity contribution is -0.919. The molecule has 1 heterocycles. The van der Waals surface area contributed by atoms with E-state index >= 15 is 0 Å². The minimum Gasteiger partial charge on any atom is -0.369 e. The molecule has 0 saturated carbocycles. The molecule has 0 bridgehead atoms. The van der Waals surface area contributed by atoms with Crippen LogP contribution in [-0.2, 0) is 11.3 Å². The molecule has 0 unspecified atom stereocenters. The molecule has 0 spiro atoms. The highest BCUT2D eigenvalue weighted by atomic mass is 79.9. The molecular formula is C13H18BrN2O+. The summed E-state index contributed by atoms with van der Waals surface area (Å²) in [6.45, 7) is 3.09. The van der Waals surface area contributed by atoms with Gasteiger partial charge in [-0.25, -0.2) is 0 Å². The first-order chi connectivity index (χ1) is 8.16. The summed E-state index contributed by atoms with van der Waals surface area (Å²) >= 11 is 3.57. The van der Waals surface area contributed by atoms with Crippen LogP contribution in [0.25, 0.3) is 0 Å². The first kappa shape index (κ1) is 12.6. The fraction of sp³-hybridized carbons (Fsp3) is 0.462. The minimum absolute atomic E-state index is 0.0953. The molecule has 0 radical (unpaired) electrons. The van der Waals surface area contributed by atoms with Crippen molar-refractivity contribution in [1.29, 1.82) is 0 Å². The second-order valence-electron chi connectivity index (χ2n) is 4.69. The van der Waals surface area contributed by atoms with Crippen LogP contribution in [0.15, 0.2) is 28.7 Å². The first-order valence-electron chi connectivity index (χ1n) is 6.03. The van der Waals surface area contributed by atoms with E-state index in [1.165, 1.54) is 14.9 Å². The van der Waals surface area contributed by atoms with Crippen LogP contribution in [0.4, 0.5) is 0 Å². The van der Waals surface area contributed by atoms with Crippen LogP contribution >= 0.6 is 15.9 Å². The summed E-state index contributed by atoms with van der Waals surface area (Å²) in [5, 5.41) is 0. The van der Waals surface area contributed by atoms with Gasteiger partial charge in [0, 0.05) is 28.8 Å². The number of nitrogens with two attached hydrogens (primary N) is 1. The molecule has 0 aliphatic carbocycles. The van der Waals surface area contributed by atoms with Crippen LogP contribution in [0.2, 0.25) is 0 Å². The van der Waals surface area contributed by atoms with Gasteiger partial charge in [0.2, 0.25) is 5.91 Å². The molecule has 1 aromatic carbocycles. The fourth-order valence-corrected chi connectivity index (χ4v) is 2.82. The topological polar surface area (TPSA) is 47.5 Å². The van der Waals surface area contributed by atoms with Crippen molar-refractivity contribution in [1.82, 2.24) is 0 Å². The van der Waals surface area contributed by atoms with Crippen LogP contribution in [0, 0.1) is 5.92 Å². The zero-order valence-corrected chi connectivity index (χ0v) is 11.4. The summed E-state index contributed by atoms with van der Waals surface area (Å²) in [6.07, 6.45) is 1.85. The highest BCUT2D eigenvalue weighted by Gasteiger charge is 2.25. The Morgan fingerprint density at radius 2 is 2.00 bits per heavy atom. The molecule has 1 aromatic rings. The van der Waals surface area contributed by atoms with Crippen molar-refractivity contribution < 1.29 is 9.69 Å². The summed E-state index contributed by atoms with van der Waals surface area (Å²) in [6, 6.07) is 8.32. The molecule has 3 N–H and O–H groups in total. The number of piperidine rings is 1. The lowest BCUT2D eigenvalue weighted by Crippen LogP contribution is -3.11. The van der Waals surface area contributed by atoms with E-state index in [1.807, 2.05) is 6.07 Å². The molecule has 0 atom stereocenters. The number of halogens is 1. The third kappa shape index (κ3) is 3.30. The zero-order valence-electron chi connectivity index (χ0n) is 9.79. The molecule has 1 aliphatic rings. The van der Waals surface area contributed by atoms with Gasteiger partial charge >= 0.3 is 0 Å². The Morgan fingerprint density at radius 3 is 2.59 bits per heavy atom. The monoisotopic (exact) mass is 297 g/mol. The minimum atomic E-state index is -0.134. The van der Waals surface area contributed by atoms with E-state index in [0.29, 0.717) is 0 Å². The molecule has 92 valence electrons. The summed E-state index contributed by atoms with van der Waals surface area (Å²) < 4.78 is 1.17. The molecular weight excluding hydrogens is 280 g/mol. The Bertz CT molecular complexity index is 400. The smallest absolute Gasteiger partial charge is 0.220 e. The van der Waals surface area contributed by atoms with Gasteiger partial charge < -0.3 is 10.6 Å². The van der Waals surface area contributed by atoms with E-state index in [-0.39, 0.29) is 11.8 Å². The van der Waals surface area contributed by atoms with E-state index in [1.54, 1.807) is 0 Å². The predicted molar refractivity (Wildman–Crippen MR) is 70.5 cm³/mol. The van der Waals surface area contributed by atoms with Crippen molar-refractivity contribution in [3.8, 4) is 0 Å². The van der Waals surface area contributed by atoms with Crippen molar-refractivity contribution in [2.24, 2.45) is 11.7 Å². The number of hydrogen-bond donors (Lipinski definition) is 2. The molecule has 1 aliphatic heterocycles. The van der Waals surface area contributed by atoms with E-state index in [9.17, 15) is 4.79 Å². The van der Waals surface area contributed by atoms with Gasteiger partial charge in [-0.1, -0.05) is 34.1 Å². The van der Waals surface area contributed by atoms with Gasteiger partial charge in [-0.3, -0.25) is 4.79 Å². The van der Waals surface area contributed by atoms with Crippen LogP contribution in [0.1, 0.15) is 18.4 Å². The zero-order chi connectivity index (χ0) is 12.3. The second-order valence-corrected chi connectivity index (χ2v) is 5.55. The molecule has 17 heavy (non-hydrogen) atoms. The maximum absolute atomic E-state index is 11.1. The highest BCUT2D eigenvalue weighted by molar-refractivity contribution is 9.10. The van der Waals surface area contributed by atoms with Gasteiger partial charge in [-0.15, -0.1) is 0 Å². The van der Waals surface area contributed by atoms with Crippen LogP contribution in [-0.4, -0.2) is 19.0 Å². The first-order valence-corrected chi connectivity index (χ1v) is 6.82. The molecule has 1 amide bonds. The Morgan fingerprint density at radius 1 is 1.35 bits per heavy atom. The normalized spacial score (nSPS) is 24.5. The van der Waals surface area contributed by atoms with Crippen LogP contribution in [0.3, 0.4) is 0 Å². The Balaban J connectivity index is 1.90. The van der Waals surface area contributed by atoms with Crippen molar-refractivity contribution >= 4 is 21.8 Å². The standard InChI is InChI=1S/C13H17BrN2O/c14-12-4-2-1-3-11(12)9-16-7-5-10(6-8-16)13(15)17/h1-4,10H,5-9H2,(H2,15,17)/p+1. The Hall–Kier alpha value is -0.870. The van der Waals surface area contributed by atoms with Gasteiger partial charge in [-0.05, 0) is 6.07 Å².